The number of hydrogen-bond donors (Lipinski definition) is 1. The van der Waals surface area contributed by atoms with E-state index in [-0.39, 0.29) is 127 Å². The molecular formula is C85H88Br2Cl3N17O14. The number of benzene rings is 4. The molecule has 0 radical (unpaired) electrons. The van der Waals surface area contributed by atoms with Crippen LogP contribution in [0.4, 0.5) is 25.0 Å². The molecule has 0 bridgehead atoms. The number of ether oxygens (including phenoxy) is 7. The second-order valence-corrected chi connectivity index (χ2v) is 31.3. The highest BCUT2D eigenvalue weighted by molar-refractivity contribution is 9.10. The van der Waals surface area contributed by atoms with Crippen molar-refractivity contribution < 1.29 is 66.7 Å². The fourth-order valence-electron chi connectivity index (χ4n) is 15.0. The Morgan fingerprint density at radius 1 is 0.388 bits per heavy atom. The first-order valence-electron chi connectivity index (χ1n) is 39.7. The van der Waals surface area contributed by atoms with Gasteiger partial charge in [-0.15, -0.1) is 0 Å². The summed E-state index contributed by atoms with van der Waals surface area (Å²) >= 11 is 25.6. The minimum Gasteiger partial charge on any atom is -0.461 e. The van der Waals surface area contributed by atoms with Crippen molar-refractivity contribution in [3.8, 4) is 0 Å². The van der Waals surface area contributed by atoms with Crippen LogP contribution in [-0.2, 0) is 59.6 Å². The third kappa shape index (κ3) is 21.3. The van der Waals surface area contributed by atoms with Gasteiger partial charge in [0.05, 0.1) is 50.8 Å². The monoisotopic (exact) mass is 1830 g/mol. The van der Waals surface area contributed by atoms with Crippen molar-refractivity contribution in [2.75, 3.05) is 77.9 Å². The lowest BCUT2D eigenvalue weighted by molar-refractivity contribution is 0.0506. The lowest BCUT2D eigenvalue weighted by Gasteiger charge is -2.31. The van der Waals surface area contributed by atoms with Gasteiger partial charge in [0.2, 0.25) is 0 Å². The number of hydrogen-bond acceptors (Lipinski definition) is 23. The van der Waals surface area contributed by atoms with E-state index in [0.717, 1.165) is 85.0 Å². The number of esters is 3. The fourth-order valence-corrected chi connectivity index (χ4v) is 16.8. The van der Waals surface area contributed by atoms with Crippen LogP contribution >= 0.6 is 66.7 Å². The first kappa shape index (κ1) is 87.3. The van der Waals surface area contributed by atoms with E-state index in [2.05, 4.69) is 71.7 Å². The van der Waals surface area contributed by atoms with E-state index in [1.165, 1.54) is 18.6 Å². The molecule has 8 aromatic heterocycles. The average molecular weight is 1840 g/mol. The largest absolute Gasteiger partial charge is 0.461 e. The molecule has 4 amide bonds. The summed E-state index contributed by atoms with van der Waals surface area (Å²) in [6.07, 6.45) is 16.3. The summed E-state index contributed by atoms with van der Waals surface area (Å²) in [5.74, 6) is 1.40. The molecule has 4 aromatic carbocycles. The summed E-state index contributed by atoms with van der Waals surface area (Å²) in [6.45, 7) is 11.3. The number of rotatable bonds is 18. The minimum atomic E-state index is -0.511. The van der Waals surface area contributed by atoms with Crippen LogP contribution in [-0.4, -0.2) is 192 Å². The van der Waals surface area contributed by atoms with Crippen molar-refractivity contribution in [3.63, 3.8) is 0 Å². The van der Waals surface area contributed by atoms with Gasteiger partial charge in [-0.05, 0) is 126 Å². The van der Waals surface area contributed by atoms with Crippen LogP contribution in [0.15, 0.2) is 174 Å². The highest BCUT2D eigenvalue weighted by Gasteiger charge is 2.36. The Morgan fingerprint density at radius 2 is 0.719 bits per heavy atom. The van der Waals surface area contributed by atoms with Crippen LogP contribution < -0.4 is 5.73 Å². The Labute approximate surface area is 728 Å². The highest BCUT2D eigenvalue weighted by Crippen LogP contribution is 2.38. The molecule has 4 saturated heterocycles. The first-order chi connectivity index (χ1) is 58.8. The van der Waals surface area contributed by atoms with Crippen molar-refractivity contribution in [2.45, 2.75) is 122 Å². The van der Waals surface area contributed by atoms with E-state index in [0.29, 0.717) is 101 Å². The van der Waals surface area contributed by atoms with Gasteiger partial charge in [0, 0.05) is 88.4 Å². The zero-order chi connectivity index (χ0) is 85.1. The lowest BCUT2D eigenvalue weighted by atomic mass is 9.97. The Bertz CT molecular complexity index is 5460. The number of piperidine rings is 4. The maximum Gasteiger partial charge on any atom is 0.410 e. The fraction of sp³-hybridized carbons (Fsp3) is 0.353. The van der Waals surface area contributed by atoms with Gasteiger partial charge in [0.25, 0.3) is 0 Å². The van der Waals surface area contributed by atoms with Gasteiger partial charge in [-0.3, -0.25) is 17.6 Å². The molecule has 121 heavy (non-hydrogen) atoms. The summed E-state index contributed by atoms with van der Waals surface area (Å²) in [6, 6.07) is 38.4. The third-order valence-electron chi connectivity index (χ3n) is 20.7. The Balaban J connectivity index is 0.000000140. The molecule has 36 heteroatoms. The second kappa shape index (κ2) is 41.6. The minimum absolute atomic E-state index is 0.0767. The van der Waals surface area contributed by atoms with Crippen LogP contribution in [0.3, 0.4) is 0 Å². The number of nitrogens with two attached hydrogens (primary N) is 1. The molecule has 0 spiro atoms. The normalized spacial score (nSPS) is 16.5. The quantitative estimate of drug-likeness (QED) is 0.0616. The van der Waals surface area contributed by atoms with Crippen molar-refractivity contribution in [3.05, 3.63) is 252 Å². The summed E-state index contributed by atoms with van der Waals surface area (Å²) in [5.41, 5.74) is 12.9. The second-order valence-electron chi connectivity index (χ2n) is 28.7. The number of likely N-dealkylation sites (tertiary alicyclic amines) is 4. The molecule has 4 aliphatic heterocycles. The number of anilines is 1. The van der Waals surface area contributed by atoms with Gasteiger partial charge < -0.3 is 58.5 Å². The molecule has 16 rings (SSSR count). The first-order valence-corrected chi connectivity index (χ1v) is 42.4. The number of carbonyl (C=O) groups is 7. The number of nitrogens with zero attached hydrogens (tertiary/aromatic N) is 16. The molecule has 12 aromatic rings. The number of amides is 4. The number of carbonyl (C=O) groups excluding carboxylic acids is 7. The summed E-state index contributed by atoms with van der Waals surface area (Å²) < 4.78 is 45.5. The van der Waals surface area contributed by atoms with Crippen LogP contribution in [0, 0.1) is 0 Å². The molecule has 0 saturated carbocycles. The van der Waals surface area contributed by atoms with Gasteiger partial charge >= 0.3 is 42.3 Å². The molecule has 0 aliphatic carbocycles. The molecule has 12 heterocycles. The topological polar surface area (TPSA) is 344 Å². The molecular weight excluding hydrogens is 1750 g/mol. The van der Waals surface area contributed by atoms with Gasteiger partial charge in [0.1, 0.15) is 81.0 Å². The van der Waals surface area contributed by atoms with Gasteiger partial charge in [-0.1, -0.05) is 156 Å². The summed E-state index contributed by atoms with van der Waals surface area (Å²) in [5, 5.41) is 0.904. The Morgan fingerprint density at radius 3 is 1.12 bits per heavy atom. The Hall–Kier alpha value is -11.5. The molecule has 4 fully saturated rings. The van der Waals surface area contributed by atoms with Crippen molar-refractivity contribution in [1.82, 2.24) is 77.1 Å². The molecule has 4 aliphatic rings. The predicted octanol–water partition coefficient (Wildman–Crippen LogP) is 16.6. The zero-order valence-electron chi connectivity index (χ0n) is 66.5. The van der Waals surface area contributed by atoms with Crippen molar-refractivity contribution in [1.29, 1.82) is 0 Å². The van der Waals surface area contributed by atoms with Crippen molar-refractivity contribution in [2.24, 2.45) is 0 Å². The molecule has 2 N–H and O–H groups in total. The average Bonchev–Trinajstić information content (AvgIpc) is 1.62. The number of nitrogen functional groups attached to an aromatic ring is 1. The molecule has 0 unspecified atom stereocenters. The number of halogens is 5. The zero-order valence-corrected chi connectivity index (χ0v) is 71.9. The van der Waals surface area contributed by atoms with E-state index in [4.69, 9.17) is 73.7 Å². The lowest BCUT2D eigenvalue weighted by Crippen LogP contribution is -2.40. The van der Waals surface area contributed by atoms with Crippen LogP contribution in [0.5, 0.6) is 0 Å². The predicted molar refractivity (Wildman–Crippen MR) is 455 cm³/mol. The van der Waals surface area contributed by atoms with E-state index in [1.54, 1.807) is 72.2 Å². The van der Waals surface area contributed by atoms with Crippen LogP contribution in [0.25, 0.3) is 22.1 Å². The third-order valence-corrected chi connectivity index (χ3v) is 22.7. The summed E-state index contributed by atoms with van der Waals surface area (Å²) in [4.78, 5) is 130. The standard InChI is InChI=1S/C22H22BrClN4O4.C22H24BrN5O4.C22H23ClN4O4.C19H19ClN4O2/c2*1-2-31-21(29)16-11-25-19(24)17-18(23)26-20(28(16)17)15-9-6-10-27(12-15)22(30)32-13-14-7-4-3-5-8-14;1-2-30-21(28)18-12-24-19(23)17-11-25-20(27(17)18)16-9-6-10-26(13-16)22(29)31-14-15-7-4-3-5-8-15;20-17-16-11-22-18(24(16)10-8-21-17)15-7-4-9-23(12-15)19(25)26-13-14-5-2-1-3-6-14/h3-5,7-8,11,15H,2,6,9-10,12-13H2,1H3;3-5,7-8,11,15H,2,6,9-10,12-13H2,1H3,(H2,24,25);3-5,7-8,11-12,16H,2,6,9-10,13-14H2,1H3;1-3,5-6,8,10-11,15H,4,7,9,12-13H2/t2*15-;16-;15-/m1111/s1. The van der Waals surface area contributed by atoms with E-state index < -0.39 is 17.9 Å². The van der Waals surface area contributed by atoms with Crippen LogP contribution in [0.1, 0.15) is 173 Å². The number of imidazole rings is 4. The van der Waals surface area contributed by atoms with Gasteiger partial charge in [-0.25, -0.2) is 73.4 Å². The van der Waals surface area contributed by atoms with Crippen LogP contribution in [0.2, 0.25) is 15.5 Å². The molecule has 4 atom stereocenters. The summed E-state index contributed by atoms with van der Waals surface area (Å²) in [7, 11) is 0. The van der Waals surface area contributed by atoms with Gasteiger partial charge in [-0.2, -0.15) is 0 Å². The van der Waals surface area contributed by atoms with E-state index in [1.807, 2.05) is 132 Å². The van der Waals surface area contributed by atoms with E-state index >= 15 is 0 Å². The molecule has 632 valence electrons. The number of fused-ring (bicyclic) bond motifs is 4. The number of aromatic nitrogens is 12. The molecule has 31 nitrogen and oxygen atoms in total. The maximum absolute atomic E-state index is 12.7. The van der Waals surface area contributed by atoms with Gasteiger partial charge in [0.15, 0.2) is 38.4 Å². The maximum atomic E-state index is 12.7. The van der Waals surface area contributed by atoms with Crippen molar-refractivity contribution >= 4 is 137 Å². The van der Waals surface area contributed by atoms with E-state index in [9.17, 15) is 33.6 Å². The Kier molecular flexibility index (Phi) is 30.0. The smallest absolute Gasteiger partial charge is 0.410 e. The SMILES string of the molecule is CCOC(=O)c1cnc(Cl)c2c(Br)nc([C@@H]3CCCN(C(=O)OCc4ccccc4)C3)n12.CCOC(=O)c1cnc(Cl)c2cnc([C@@H]3CCCN(C(=O)OCc4ccccc4)C3)n12.CCOC(=O)c1cnc(N)c2c(Br)nc([C@@H]3CCCN(C(=O)OCc4ccccc4)C3)n12.O=C(OCc1ccccc1)N1CCC[C@@H](c2ncc3c(Cl)nccn23)C1. The highest BCUT2D eigenvalue weighted by atomic mass is 79.9.